The Labute approximate surface area is 124 Å². The second kappa shape index (κ2) is 6.80. The molecule has 0 N–H and O–H groups in total. The van der Waals surface area contributed by atoms with Gasteiger partial charge in [0.1, 0.15) is 5.75 Å². The zero-order chi connectivity index (χ0) is 14.5. The van der Waals surface area contributed by atoms with Gasteiger partial charge in [0.2, 0.25) is 5.12 Å². The van der Waals surface area contributed by atoms with Crippen LogP contribution in [0.3, 0.4) is 0 Å². The Morgan fingerprint density at radius 3 is 2.35 bits per heavy atom. The third kappa shape index (κ3) is 3.15. The van der Waals surface area contributed by atoms with E-state index in [-0.39, 0.29) is 5.12 Å². The van der Waals surface area contributed by atoms with Gasteiger partial charge in [-0.3, -0.25) is 4.79 Å². The number of thioether (sulfide) groups is 1. The van der Waals surface area contributed by atoms with Crippen LogP contribution in [0.4, 0.5) is 0 Å². The van der Waals surface area contributed by atoms with Crippen LogP contribution in [0.25, 0.3) is 0 Å². The van der Waals surface area contributed by atoms with Crippen molar-refractivity contribution >= 4 is 16.9 Å². The van der Waals surface area contributed by atoms with Crippen molar-refractivity contribution in [2.24, 2.45) is 0 Å². The zero-order valence-corrected chi connectivity index (χ0v) is 13.0. The Morgan fingerprint density at radius 1 is 1.20 bits per heavy atom. The Kier molecular flexibility index (Phi) is 5.07. The van der Waals surface area contributed by atoms with E-state index in [1.165, 1.54) is 22.9 Å². The fourth-order valence-electron chi connectivity index (χ4n) is 2.60. The van der Waals surface area contributed by atoms with Crippen molar-refractivity contribution in [2.45, 2.75) is 32.6 Å². The Bertz CT molecular complexity index is 541. The van der Waals surface area contributed by atoms with E-state index in [0.717, 1.165) is 23.5 Å². The molecule has 1 aliphatic rings. The van der Waals surface area contributed by atoms with Crippen LogP contribution < -0.4 is 4.74 Å². The number of ether oxygens (including phenoxy) is 1. The average Bonchev–Trinajstić information content (AvgIpc) is 2.91. The molecule has 1 atom stereocenters. The van der Waals surface area contributed by atoms with Gasteiger partial charge in [0, 0.05) is 10.8 Å². The summed E-state index contributed by atoms with van der Waals surface area (Å²) in [7, 11) is 1.68. The lowest BCUT2D eigenvalue weighted by molar-refractivity contribution is -0.106. The van der Waals surface area contributed by atoms with Gasteiger partial charge in [0.15, 0.2) is 0 Å². The maximum absolute atomic E-state index is 11.4. The molecule has 1 aromatic carbocycles. The van der Waals surface area contributed by atoms with Crippen molar-refractivity contribution in [1.29, 1.82) is 0 Å². The summed E-state index contributed by atoms with van der Waals surface area (Å²) in [6, 6.07) is 8.24. The first kappa shape index (κ1) is 14.9. The molecule has 0 aliphatic carbocycles. The SMILES string of the molecule is CC/C(=C1\C=CC(=O)S1)[C@H](CC)c1ccc(OC)cc1. The Balaban J connectivity index is 2.34. The van der Waals surface area contributed by atoms with Crippen LogP contribution in [0.15, 0.2) is 46.9 Å². The highest BCUT2D eigenvalue weighted by Gasteiger charge is 2.20. The summed E-state index contributed by atoms with van der Waals surface area (Å²) in [6.45, 7) is 4.35. The molecule has 20 heavy (non-hydrogen) atoms. The molecule has 0 radical (unpaired) electrons. The molecule has 1 heterocycles. The zero-order valence-electron chi connectivity index (χ0n) is 12.2. The van der Waals surface area contributed by atoms with Crippen molar-refractivity contribution in [3.05, 3.63) is 52.5 Å². The van der Waals surface area contributed by atoms with Gasteiger partial charge >= 0.3 is 0 Å². The summed E-state index contributed by atoms with van der Waals surface area (Å²) in [5.41, 5.74) is 2.63. The number of rotatable bonds is 5. The van der Waals surface area contributed by atoms with Gasteiger partial charge < -0.3 is 4.74 Å². The van der Waals surface area contributed by atoms with Crippen LogP contribution in [0.5, 0.6) is 5.75 Å². The predicted octanol–water partition coefficient (Wildman–Crippen LogP) is 4.68. The quantitative estimate of drug-likeness (QED) is 0.786. The lowest BCUT2D eigenvalue weighted by Gasteiger charge is -2.20. The summed E-state index contributed by atoms with van der Waals surface area (Å²) in [5, 5.41) is 0.135. The van der Waals surface area contributed by atoms with Crippen molar-refractivity contribution in [3.63, 3.8) is 0 Å². The summed E-state index contributed by atoms with van der Waals surface area (Å²) in [6.07, 6.45) is 5.61. The van der Waals surface area contributed by atoms with Gasteiger partial charge in [-0.2, -0.15) is 0 Å². The van der Waals surface area contributed by atoms with Crippen molar-refractivity contribution in [2.75, 3.05) is 7.11 Å². The van der Waals surface area contributed by atoms with Gasteiger partial charge in [-0.15, -0.1) is 0 Å². The minimum atomic E-state index is 0.135. The average molecular weight is 288 g/mol. The number of methoxy groups -OCH3 is 1. The second-order valence-electron chi connectivity index (χ2n) is 4.73. The third-order valence-corrected chi connectivity index (χ3v) is 4.58. The highest BCUT2D eigenvalue weighted by atomic mass is 32.2. The summed E-state index contributed by atoms with van der Waals surface area (Å²) in [4.78, 5) is 12.6. The third-order valence-electron chi connectivity index (χ3n) is 3.63. The van der Waals surface area contributed by atoms with Crippen LogP contribution in [0, 0.1) is 0 Å². The van der Waals surface area contributed by atoms with E-state index in [4.69, 9.17) is 4.74 Å². The Morgan fingerprint density at radius 2 is 1.90 bits per heavy atom. The topological polar surface area (TPSA) is 26.3 Å². The van der Waals surface area contributed by atoms with Gasteiger partial charge in [-0.05, 0) is 60.0 Å². The van der Waals surface area contributed by atoms with Crippen molar-refractivity contribution in [1.82, 2.24) is 0 Å². The number of carbonyl (C=O) groups excluding carboxylic acids is 1. The maximum atomic E-state index is 11.4. The standard InChI is InChI=1S/C17H20O2S/c1-4-14(12-6-8-13(19-3)9-7-12)15(5-2)16-10-11-17(18)20-16/h6-11,14H,4-5H2,1-3H3/b16-15-/t14-/m1/s1. The van der Waals surface area contributed by atoms with Gasteiger partial charge in [0.25, 0.3) is 0 Å². The van der Waals surface area contributed by atoms with Gasteiger partial charge in [0.05, 0.1) is 7.11 Å². The van der Waals surface area contributed by atoms with Gasteiger partial charge in [-0.25, -0.2) is 0 Å². The van der Waals surface area contributed by atoms with Crippen LogP contribution in [-0.2, 0) is 4.79 Å². The fourth-order valence-corrected chi connectivity index (χ4v) is 3.51. The van der Waals surface area contributed by atoms with E-state index in [1.807, 2.05) is 18.2 Å². The minimum Gasteiger partial charge on any atom is -0.497 e. The lowest BCUT2D eigenvalue weighted by Crippen LogP contribution is -2.03. The highest BCUT2D eigenvalue weighted by Crippen LogP contribution is 2.39. The largest absolute Gasteiger partial charge is 0.497 e. The molecular weight excluding hydrogens is 268 g/mol. The van der Waals surface area contributed by atoms with Crippen molar-refractivity contribution < 1.29 is 9.53 Å². The summed E-state index contributed by atoms with van der Waals surface area (Å²) < 4.78 is 5.21. The molecule has 1 aliphatic heterocycles. The first-order valence-corrected chi connectivity index (χ1v) is 7.78. The van der Waals surface area contributed by atoms with Crippen LogP contribution in [0.2, 0.25) is 0 Å². The molecule has 0 spiro atoms. The second-order valence-corrected chi connectivity index (χ2v) is 5.78. The molecule has 0 saturated heterocycles. The van der Waals surface area contributed by atoms with E-state index < -0.39 is 0 Å². The summed E-state index contributed by atoms with van der Waals surface area (Å²) >= 11 is 1.35. The van der Waals surface area contributed by atoms with Crippen LogP contribution in [0.1, 0.15) is 38.2 Å². The van der Waals surface area contributed by atoms with Crippen LogP contribution >= 0.6 is 11.8 Å². The van der Waals surface area contributed by atoms with E-state index in [2.05, 4.69) is 26.0 Å². The molecule has 106 valence electrons. The summed E-state index contributed by atoms with van der Waals surface area (Å²) in [5.74, 6) is 1.24. The minimum absolute atomic E-state index is 0.135. The molecule has 0 saturated carbocycles. The molecule has 0 fully saturated rings. The number of carbonyl (C=O) groups is 1. The van der Waals surface area contributed by atoms with Crippen LogP contribution in [-0.4, -0.2) is 12.2 Å². The Hall–Kier alpha value is -1.48. The molecule has 2 rings (SSSR count). The first-order valence-electron chi connectivity index (χ1n) is 6.96. The fraction of sp³-hybridized carbons (Fsp3) is 0.353. The molecule has 2 nitrogen and oxygen atoms in total. The number of hydrogen-bond acceptors (Lipinski definition) is 3. The molecule has 0 amide bonds. The number of hydrogen-bond donors (Lipinski definition) is 0. The highest BCUT2D eigenvalue weighted by molar-refractivity contribution is 8.17. The predicted molar refractivity (Wildman–Crippen MR) is 85.1 cm³/mol. The van der Waals surface area contributed by atoms with Gasteiger partial charge in [-0.1, -0.05) is 26.0 Å². The van der Waals surface area contributed by atoms with E-state index in [9.17, 15) is 4.79 Å². The molecular formula is C17H20O2S. The number of benzene rings is 1. The molecule has 0 bridgehead atoms. The normalized spacial score (nSPS) is 18.2. The molecule has 1 aromatic rings. The molecule has 0 unspecified atom stereocenters. The van der Waals surface area contributed by atoms with E-state index in [0.29, 0.717) is 5.92 Å². The van der Waals surface area contributed by atoms with Crippen molar-refractivity contribution in [3.8, 4) is 5.75 Å². The van der Waals surface area contributed by atoms with E-state index in [1.54, 1.807) is 13.2 Å². The maximum Gasteiger partial charge on any atom is 0.216 e. The molecule has 3 heteroatoms. The lowest BCUT2D eigenvalue weighted by atomic mass is 9.87. The van der Waals surface area contributed by atoms with E-state index >= 15 is 0 Å². The number of allylic oxidation sites excluding steroid dienone is 2. The molecule has 0 aromatic heterocycles. The first-order chi connectivity index (χ1) is 9.69. The monoisotopic (exact) mass is 288 g/mol. The smallest absolute Gasteiger partial charge is 0.216 e.